The molecule has 0 spiro atoms. The molecule has 10 heteroatoms. The number of hydrogen-bond acceptors (Lipinski definition) is 4. The Hall–Kier alpha value is -1.34. The molecule has 3 rings (SSSR count). The number of amides is 2. The summed E-state index contributed by atoms with van der Waals surface area (Å²) in [6.45, 7) is 0.389. The second-order valence-corrected chi connectivity index (χ2v) is 5.94. The Balaban J connectivity index is 1.98. The van der Waals surface area contributed by atoms with Crippen LogP contribution in [0.5, 0.6) is 0 Å². The molecule has 0 aliphatic carbocycles. The zero-order chi connectivity index (χ0) is 16.0. The highest BCUT2D eigenvalue weighted by molar-refractivity contribution is 6.55. The molecule has 114 valence electrons. The van der Waals surface area contributed by atoms with Gasteiger partial charge in [-0.05, 0) is 0 Å². The van der Waals surface area contributed by atoms with Crippen LogP contribution in [0.4, 0.5) is 0 Å². The molecule has 0 bridgehead atoms. The van der Waals surface area contributed by atoms with Crippen molar-refractivity contribution in [3.05, 3.63) is 43.9 Å². The van der Waals surface area contributed by atoms with Crippen molar-refractivity contribution in [3.8, 4) is 0 Å². The van der Waals surface area contributed by atoms with Crippen molar-refractivity contribution in [2.45, 2.75) is 6.54 Å². The summed E-state index contributed by atoms with van der Waals surface area (Å²) in [5.74, 6) is -1.13. The van der Waals surface area contributed by atoms with E-state index in [1.165, 1.54) is 17.3 Å². The molecule has 0 saturated carbocycles. The van der Waals surface area contributed by atoms with Gasteiger partial charge in [0.25, 0.3) is 11.8 Å². The molecule has 0 atom stereocenters. The molecule has 0 N–H and O–H groups in total. The highest BCUT2D eigenvalue weighted by Crippen LogP contribution is 2.44. The third-order valence-corrected chi connectivity index (χ3v) is 5.01. The first-order valence-electron chi connectivity index (χ1n) is 5.98. The molecule has 0 radical (unpaired) electrons. The fourth-order valence-corrected chi connectivity index (χ4v) is 3.16. The second-order valence-electron chi connectivity index (χ2n) is 4.43. The van der Waals surface area contributed by atoms with Crippen LogP contribution in [0.15, 0.2) is 12.7 Å². The van der Waals surface area contributed by atoms with E-state index >= 15 is 0 Å². The lowest BCUT2D eigenvalue weighted by Crippen LogP contribution is -2.33. The van der Waals surface area contributed by atoms with Crippen LogP contribution in [0.2, 0.25) is 20.1 Å². The van der Waals surface area contributed by atoms with Crippen molar-refractivity contribution in [2.75, 3.05) is 6.54 Å². The van der Waals surface area contributed by atoms with E-state index in [0.29, 0.717) is 6.54 Å². The third kappa shape index (κ3) is 2.27. The highest BCUT2D eigenvalue weighted by Gasteiger charge is 2.41. The summed E-state index contributed by atoms with van der Waals surface area (Å²) in [6.07, 6.45) is 2.83. The first-order valence-corrected chi connectivity index (χ1v) is 7.49. The van der Waals surface area contributed by atoms with Gasteiger partial charge in [-0.1, -0.05) is 46.4 Å². The Morgan fingerprint density at radius 3 is 1.86 bits per heavy atom. The lowest BCUT2D eigenvalue weighted by molar-refractivity contribution is 0.0647. The molecule has 1 aliphatic heterocycles. The van der Waals surface area contributed by atoms with Crippen molar-refractivity contribution >= 4 is 58.2 Å². The molecular weight excluding hydrogens is 374 g/mol. The summed E-state index contributed by atoms with van der Waals surface area (Å²) >= 11 is 23.9. The Morgan fingerprint density at radius 2 is 1.41 bits per heavy atom. The molecule has 2 aromatic rings. The molecule has 22 heavy (non-hydrogen) atoms. The molecule has 0 fully saturated rings. The SMILES string of the molecule is O=C1c2c(Cl)c(Cl)c(Cl)c(Cl)c2C(=O)N1CCn1cncn1. The van der Waals surface area contributed by atoms with E-state index in [1.807, 2.05) is 0 Å². The van der Waals surface area contributed by atoms with Crippen LogP contribution in [0.1, 0.15) is 20.7 Å². The fraction of sp³-hybridized carbons (Fsp3) is 0.167. The zero-order valence-electron chi connectivity index (χ0n) is 10.7. The quantitative estimate of drug-likeness (QED) is 0.466. The maximum absolute atomic E-state index is 12.4. The van der Waals surface area contributed by atoms with E-state index in [0.717, 1.165) is 4.90 Å². The first kappa shape index (κ1) is 15.6. The second kappa shape index (κ2) is 5.70. The van der Waals surface area contributed by atoms with Crippen molar-refractivity contribution in [2.24, 2.45) is 0 Å². The molecule has 0 unspecified atom stereocenters. The monoisotopic (exact) mass is 378 g/mol. The maximum Gasteiger partial charge on any atom is 0.263 e. The van der Waals surface area contributed by atoms with E-state index in [1.54, 1.807) is 0 Å². The lowest BCUT2D eigenvalue weighted by Gasteiger charge is -2.13. The Kier molecular flexibility index (Phi) is 4.03. The van der Waals surface area contributed by atoms with Gasteiger partial charge in [0.2, 0.25) is 0 Å². The summed E-state index contributed by atoms with van der Waals surface area (Å²) in [4.78, 5) is 29.6. The lowest BCUT2D eigenvalue weighted by atomic mass is 10.1. The number of benzene rings is 1. The summed E-state index contributed by atoms with van der Waals surface area (Å²) < 4.78 is 1.49. The topological polar surface area (TPSA) is 68.1 Å². The molecule has 1 aromatic carbocycles. The zero-order valence-corrected chi connectivity index (χ0v) is 13.7. The van der Waals surface area contributed by atoms with Crippen LogP contribution >= 0.6 is 46.4 Å². The number of carbonyl (C=O) groups excluding carboxylic acids is 2. The highest BCUT2D eigenvalue weighted by atomic mass is 35.5. The van der Waals surface area contributed by atoms with Gasteiger partial charge < -0.3 is 0 Å². The van der Waals surface area contributed by atoms with Crippen LogP contribution in [-0.4, -0.2) is 38.0 Å². The molecule has 1 aromatic heterocycles. The Morgan fingerprint density at radius 1 is 0.864 bits per heavy atom. The average molecular weight is 380 g/mol. The van der Waals surface area contributed by atoms with Crippen LogP contribution < -0.4 is 0 Å². The first-order chi connectivity index (χ1) is 10.4. The minimum atomic E-state index is -0.564. The van der Waals surface area contributed by atoms with Crippen LogP contribution in [0.25, 0.3) is 0 Å². The van der Waals surface area contributed by atoms with Gasteiger partial charge in [-0.15, -0.1) is 0 Å². The van der Waals surface area contributed by atoms with Gasteiger partial charge in [-0.3, -0.25) is 19.2 Å². The van der Waals surface area contributed by atoms with E-state index in [9.17, 15) is 9.59 Å². The summed E-state index contributed by atoms with van der Waals surface area (Å²) in [7, 11) is 0. The van der Waals surface area contributed by atoms with E-state index in [4.69, 9.17) is 46.4 Å². The Bertz CT molecular complexity index is 744. The molecule has 2 amide bonds. The number of aromatic nitrogens is 3. The van der Waals surface area contributed by atoms with Crippen LogP contribution in [0, 0.1) is 0 Å². The minimum absolute atomic E-state index is 0.0235. The number of carbonyl (C=O) groups is 2. The van der Waals surface area contributed by atoms with Gasteiger partial charge in [0, 0.05) is 6.54 Å². The Labute approximate surface area is 144 Å². The predicted molar refractivity (Wildman–Crippen MR) is 81.9 cm³/mol. The molecule has 0 saturated heterocycles. The number of halogens is 4. The number of imide groups is 1. The van der Waals surface area contributed by atoms with Crippen molar-refractivity contribution < 1.29 is 9.59 Å². The summed E-state index contributed by atoms with van der Waals surface area (Å²) in [5.41, 5.74) is -0.0469. The van der Waals surface area contributed by atoms with Gasteiger partial charge in [-0.2, -0.15) is 5.10 Å². The predicted octanol–water partition coefficient (Wildman–Crippen LogP) is 3.19. The van der Waals surface area contributed by atoms with Gasteiger partial charge in [-0.25, -0.2) is 4.98 Å². The van der Waals surface area contributed by atoms with Gasteiger partial charge in [0.05, 0.1) is 37.8 Å². The molecule has 2 heterocycles. The average Bonchev–Trinajstić information content (AvgIpc) is 3.08. The van der Waals surface area contributed by atoms with Gasteiger partial charge >= 0.3 is 0 Å². The van der Waals surface area contributed by atoms with E-state index in [2.05, 4.69) is 10.1 Å². The van der Waals surface area contributed by atoms with Crippen molar-refractivity contribution in [3.63, 3.8) is 0 Å². The third-order valence-electron chi connectivity index (χ3n) is 3.20. The molecular formula is C12H6Cl4N4O2. The number of fused-ring (bicyclic) bond motifs is 1. The summed E-state index contributed by atoms with van der Waals surface area (Å²) in [6, 6.07) is 0. The molecule has 1 aliphatic rings. The largest absolute Gasteiger partial charge is 0.272 e. The number of hydrogen-bond donors (Lipinski definition) is 0. The summed E-state index contributed by atoms with van der Waals surface area (Å²) in [5, 5.41) is 3.65. The number of rotatable bonds is 3. The molecule has 6 nitrogen and oxygen atoms in total. The minimum Gasteiger partial charge on any atom is -0.272 e. The standard InChI is InChI=1S/C12H6Cl4N4O2/c13-7-5-6(8(14)10(16)9(7)15)12(22)20(11(5)21)2-1-19-4-17-3-18-19/h3-4H,1-2H2. The van der Waals surface area contributed by atoms with Crippen LogP contribution in [0.3, 0.4) is 0 Å². The smallest absolute Gasteiger partial charge is 0.263 e. The van der Waals surface area contributed by atoms with Gasteiger partial charge in [0.1, 0.15) is 12.7 Å². The van der Waals surface area contributed by atoms with E-state index < -0.39 is 11.8 Å². The van der Waals surface area contributed by atoms with Crippen molar-refractivity contribution in [1.29, 1.82) is 0 Å². The fourth-order valence-electron chi connectivity index (χ4n) is 2.15. The maximum atomic E-state index is 12.4. The normalized spacial score (nSPS) is 13.9. The van der Waals surface area contributed by atoms with Gasteiger partial charge in [0.15, 0.2) is 0 Å². The van der Waals surface area contributed by atoms with Crippen LogP contribution in [-0.2, 0) is 6.54 Å². The van der Waals surface area contributed by atoms with E-state index in [-0.39, 0.29) is 37.8 Å². The number of nitrogens with zero attached hydrogens (tertiary/aromatic N) is 4. The van der Waals surface area contributed by atoms with Crippen molar-refractivity contribution in [1.82, 2.24) is 19.7 Å².